The molecule has 1 aliphatic rings. The van der Waals surface area contributed by atoms with E-state index < -0.39 is 0 Å². The van der Waals surface area contributed by atoms with Crippen LogP contribution in [0, 0.1) is 11.8 Å². The van der Waals surface area contributed by atoms with Gasteiger partial charge in [-0.1, -0.05) is 56.3 Å². The van der Waals surface area contributed by atoms with E-state index >= 15 is 0 Å². The van der Waals surface area contributed by atoms with Gasteiger partial charge in [0.1, 0.15) is 5.75 Å². The second-order valence-corrected chi connectivity index (χ2v) is 7.85. The van der Waals surface area contributed by atoms with Gasteiger partial charge in [-0.3, -0.25) is 9.59 Å². The molecular weight excluding hydrogens is 376 g/mol. The number of benzene rings is 2. The molecule has 0 bridgehead atoms. The normalized spacial score (nSPS) is 16.9. The molecule has 1 aliphatic heterocycles. The van der Waals surface area contributed by atoms with E-state index in [9.17, 15) is 9.59 Å². The zero-order valence-corrected chi connectivity index (χ0v) is 18.2. The summed E-state index contributed by atoms with van der Waals surface area (Å²) in [5.74, 6) is 0.742. The molecule has 1 atom stereocenters. The highest BCUT2D eigenvalue weighted by Crippen LogP contribution is 2.33. The van der Waals surface area contributed by atoms with Crippen LogP contribution in [0.15, 0.2) is 48.5 Å². The van der Waals surface area contributed by atoms with Gasteiger partial charge in [-0.05, 0) is 36.5 Å². The summed E-state index contributed by atoms with van der Waals surface area (Å²) in [6.07, 6.45) is 2.23. The smallest absolute Gasteiger partial charge is 0.225 e. The Morgan fingerprint density at radius 3 is 2.47 bits per heavy atom. The minimum atomic E-state index is -0.276. The lowest BCUT2D eigenvalue weighted by Crippen LogP contribution is -2.40. The van der Waals surface area contributed by atoms with Crippen LogP contribution in [0.5, 0.6) is 5.75 Å². The number of hydrogen-bond donors (Lipinski definition) is 1. The zero-order valence-electron chi connectivity index (χ0n) is 18.2. The fraction of sp³-hybridized carbons (Fsp3) is 0.440. The summed E-state index contributed by atoms with van der Waals surface area (Å²) in [5, 5.41) is 3.00. The van der Waals surface area contributed by atoms with Crippen LogP contribution in [0.4, 0.5) is 0 Å². The number of methoxy groups -OCH3 is 1. The van der Waals surface area contributed by atoms with Gasteiger partial charge in [-0.2, -0.15) is 0 Å². The Kier molecular flexibility index (Phi) is 7.50. The number of rotatable bonds is 7. The fourth-order valence-corrected chi connectivity index (χ4v) is 4.25. The molecule has 1 fully saturated rings. The number of amides is 2. The lowest BCUT2D eigenvalue weighted by atomic mass is 9.91. The molecule has 2 aromatic carbocycles. The Labute approximate surface area is 179 Å². The first kappa shape index (κ1) is 21.9. The van der Waals surface area contributed by atoms with Crippen molar-refractivity contribution >= 4 is 11.8 Å². The summed E-state index contributed by atoms with van der Waals surface area (Å²) in [6.45, 7) is 5.64. The Hall–Kier alpha value is -2.82. The van der Waals surface area contributed by atoms with Crippen molar-refractivity contribution in [2.24, 2.45) is 11.8 Å². The van der Waals surface area contributed by atoms with Crippen LogP contribution in [0.25, 0.3) is 11.1 Å². The van der Waals surface area contributed by atoms with Gasteiger partial charge < -0.3 is 15.0 Å². The zero-order chi connectivity index (χ0) is 21.5. The number of para-hydroxylation sites is 1. The van der Waals surface area contributed by atoms with Crippen molar-refractivity contribution < 1.29 is 14.3 Å². The number of carbonyl (C=O) groups is 2. The molecule has 1 heterocycles. The highest BCUT2D eigenvalue weighted by Gasteiger charge is 2.30. The quantitative estimate of drug-likeness (QED) is 0.756. The SMILES string of the molecule is CCC(CC)C(=O)N1CCNC(=O)[C@@H](Cc2ccccc2-c2ccccc2OC)C1. The van der Waals surface area contributed by atoms with Crippen molar-refractivity contribution in [3.8, 4) is 16.9 Å². The molecule has 30 heavy (non-hydrogen) atoms. The largest absolute Gasteiger partial charge is 0.496 e. The number of nitrogens with zero attached hydrogens (tertiary/aromatic N) is 1. The number of hydrogen-bond acceptors (Lipinski definition) is 3. The number of ether oxygens (including phenoxy) is 1. The molecule has 2 aromatic rings. The second kappa shape index (κ2) is 10.3. The predicted molar refractivity (Wildman–Crippen MR) is 119 cm³/mol. The monoisotopic (exact) mass is 408 g/mol. The molecule has 0 spiro atoms. The van der Waals surface area contributed by atoms with Gasteiger partial charge in [0.2, 0.25) is 11.8 Å². The molecule has 5 heteroatoms. The number of carbonyl (C=O) groups excluding carboxylic acids is 2. The third-order valence-corrected chi connectivity index (χ3v) is 6.02. The third-order valence-electron chi connectivity index (χ3n) is 6.02. The minimum Gasteiger partial charge on any atom is -0.496 e. The van der Waals surface area contributed by atoms with Crippen molar-refractivity contribution in [2.45, 2.75) is 33.1 Å². The van der Waals surface area contributed by atoms with E-state index in [1.807, 2.05) is 55.1 Å². The first-order valence-corrected chi connectivity index (χ1v) is 10.9. The highest BCUT2D eigenvalue weighted by molar-refractivity contribution is 5.83. The molecule has 3 rings (SSSR count). The lowest BCUT2D eigenvalue weighted by molar-refractivity contribution is -0.136. The van der Waals surface area contributed by atoms with Gasteiger partial charge in [0.15, 0.2) is 0 Å². The van der Waals surface area contributed by atoms with Crippen LogP contribution in [0.1, 0.15) is 32.3 Å². The van der Waals surface area contributed by atoms with E-state index in [0.29, 0.717) is 26.1 Å². The third kappa shape index (κ3) is 4.84. The van der Waals surface area contributed by atoms with Gasteiger partial charge in [0.05, 0.1) is 13.0 Å². The van der Waals surface area contributed by atoms with Crippen molar-refractivity contribution in [1.82, 2.24) is 10.2 Å². The van der Waals surface area contributed by atoms with E-state index in [1.54, 1.807) is 7.11 Å². The molecule has 160 valence electrons. The summed E-state index contributed by atoms with van der Waals surface area (Å²) >= 11 is 0. The highest BCUT2D eigenvalue weighted by atomic mass is 16.5. The van der Waals surface area contributed by atoms with Crippen molar-refractivity contribution in [3.05, 3.63) is 54.1 Å². The van der Waals surface area contributed by atoms with E-state index in [-0.39, 0.29) is 23.7 Å². The predicted octanol–water partition coefficient (Wildman–Crippen LogP) is 3.92. The maximum absolute atomic E-state index is 13.0. The molecular formula is C25H32N2O3. The van der Waals surface area contributed by atoms with E-state index in [1.165, 1.54) is 0 Å². The topological polar surface area (TPSA) is 58.6 Å². The molecule has 1 N–H and O–H groups in total. The van der Waals surface area contributed by atoms with Crippen molar-refractivity contribution in [2.75, 3.05) is 26.7 Å². The Balaban J connectivity index is 1.87. The standard InChI is InChI=1S/C25H32N2O3/c1-4-18(5-2)25(29)27-15-14-26-24(28)20(17-27)16-19-10-6-7-11-21(19)22-12-8-9-13-23(22)30-3/h6-13,18,20H,4-5,14-17H2,1-3H3,(H,26,28)/t20-/m0/s1. The molecule has 0 aromatic heterocycles. The molecule has 0 radical (unpaired) electrons. The summed E-state index contributed by atoms with van der Waals surface area (Å²) in [6, 6.07) is 16.0. The van der Waals surface area contributed by atoms with Crippen LogP contribution in [0.3, 0.4) is 0 Å². The lowest BCUT2D eigenvalue weighted by Gasteiger charge is -2.27. The summed E-state index contributed by atoms with van der Waals surface area (Å²) in [5.41, 5.74) is 3.15. The molecule has 1 saturated heterocycles. The molecule has 0 aliphatic carbocycles. The van der Waals surface area contributed by atoms with Gasteiger partial charge in [-0.15, -0.1) is 0 Å². The van der Waals surface area contributed by atoms with Crippen LogP contribution < -0.4 is 10.1 Å². The fourth-order valence-electron chi connectivity index (χ4n) is 4.25. The van der Waals surface area contributed by atoms with Gasteiger partial charge in [-0.25, -0.2) is 0 Å². The molecule has 0 unspecified atom stereocenters. The Morgan fingerprint density at radius 2 is 1.77 bits per heavy atom. The van der Waals surface area contributed by atoms with E-state index in [4.69, 9.17) is 4.74 Å². The molecule has 5 nitrogen and oxygen atoms in total. The van der Waals surface area contributed by atoms with Crippen LogP contribution in [-0.4, -0.2) is 43.5 Å². The minimum absolute atomic E-state index is 0.0182. The number of nitrogens with one attached hydrogen (secondary N) is 1. The van der Waals surface area contributed by atoms with E-state index in [0.717, 1.165) is 35.3 Å². The van der Waals surface area contributed by atoms with Gasteiger partial charge in [0.25, 0.3) is 0 Å². The molecule has 2 amide bonds. The van der Waals surface area contributed by atoms with Gasteiger partial charge in [0, 0.05) is 31.1 Å². The summed E-state index contributed by atoms with van der Waals surface area (Å²) < 4.78 is 5.55. The maximum atomic E-state index is 13.0. The first-order chi connectivity index (χ1) is 14.6. The second-order valence-electron chi connectivity index (χ2n) is 7.85. The first-order valence-electron chi connectivity index (χ1n) is 10.9. The van der Waals surface area contributed by atoms with E-state index in [2.05, 4.69) is 17.4 Å². The Morgan fingerprint density at radius 1 is 1.10 bits per heavy atom. The van der Waals surface area contributed by atoms with Gasteiger partial charge >= 0.3 is 0 Å². The summed E-state index contributed by atoms with van der Waals surface area (Å²) in [4.78, 5) is 27.6. The van der Waals surface area contributed by atoms with Crippen LogP contribution >= 0.6 is 0 Å². The maximum Gasteiger partial charge on any atom is 0.225 e. The van der Waals surface area contributed by atoms with Crippen LogP contribution in [-0.2, 0) is 16.0 Å². The average Bonchev–Trinajstić information content (AvgIpc) is 2.96. The molecule has 0 saturated carbocycles. The summed E-state index contributed by atoms with van der Waals surface area (Å²) in [7, 11) is 1.67. The van der Waals surface area contributed by atoms with Crippen molar-refractivity contribution in [1.29, 1.82) is 0 Å². The average molecular weight is 409 g/mol. The van der Waals surface area contributed by atoms with Crippen LogP contribution in [0.2, 0.25) is 0 Å². The Bertz CT molecular complexity index is 876. The van der Waals surface area contributed by atoms with Crippen molar-refractivity contribution in [3.63, 3.8) is 0 Å².